The third-order valence-electron chi connectivity index (χ3n) is 2.12. The average Bonchev–Trinajstić information content (AvgIpc) is 2.50. The number of amides is 1. The molecule has 1 heterocycles. The van der Waals surface area contributed by atoms with E-state index in [-0.39, 0.29) is 5.91 Å². The molecule has 0 aliphatic carbocycles. The van der Waals surface area contributed by atoms with Crippen LogP contribution in [0.4, 0.5) is 5.00 Å². The van der Waals surface area contributed by atoms with Gasteiger partial charge in [0.1, 0.15) is 5.00 Å². The van der Waals surface area contributed by atoms with Crippen LogP contribution in [0.2, 0.25) is 0 Å². The van der Waals surface area contributed by atoms with E-state index < -0.39 is 0 Å². The van der Waals surface area contributed by atoms with Gasteiger partial charge in [0.05, 0.1) is 5.69 Å². The SMILES string of the molecule is CCC(C)CC(=O)Nc1cc(C)ns1. The highest BCUT2D eigenvalue weighted by molar-refractivity contribution is 7.10. The number of carbonyl (C=O) groups excluding carboxylic acids is 1. The molecule has 0 saturated heterocycles. The third kappa shape index (κ3) is 3.46. The largest absolute Gasteiger partial charge is 0.316 e. The molecular weight excluding hydrogens is 196 g/mol. The van der Waals surface area contributed by atoms with Gasteiger partial charge in [-0.15, -0.1) is 0 Å². The van der Waals surface area contributed by atoms with Crippen molar-refractivity contribution in [3.05, 3.63) is 11.8 Å². The summed E-state index contributed by atoms with van der Waals surface area (Å²) in [5, 5.41) is 3.69. The molecule has 14 heavy (non-hydrogen) atoms. The predicted molar refractivity (Wildman–Crippen MR) is 59.6 cm³/mol. The molecule has 1 rings (SSSR count). The van der Waals surface area contributed by atoms with Gasteiger partial charge < -0.3 is 5.32 Å². The Kier molecular flexibility index (Phi) is 4.07. The molecule has 1 N–H and O–H groups in total. The molecule has 0 radical (unpaired) electrons. The summed E-state index contributed by atoms with van der Waals surface area (Å²) >= 11 is 1.33. The molecule has 0 saturated carbocycles. The number of anilines is 1. The van der Waals surface area contributed by atoms with Crippen molar-refractivity contribution in [3.63, 3.8) is 0 Å². The van der Waals surface area contributed by atoms with Gasteiger partial charge in [-0.25, -0.2) is 0 Å². The molecule has 1 atom stereocenters. The molecule has 0 bridgehead atoms. The van der Waals surface area contributed by atoms with Gasteiger partial charge in [0.25, 0.3) is 0 Å². The summed E-state index contributed by atoms with van der Waals surface area (Å²) in [6.07, 6.45) is 1.63. The fraction of sp³-hybridized carbons (Fsp3) is 0.600. The fourth-order valence-corrected chi connectivity index (χ4v) is 1.75. The van der Waals surface area contributed by atoms with E-state index in [9.17, 15) is 4.79 Å². The van der Waals surface area contributed by atoms with Gasteiger partial charge in [-0.2, -0.15) is 4.37 Å². The Morgan fingerprint density at radius 1 is 1.71 bits per heavy atom. The first-order valence-corrected chi connectivity index (χ1v) is 5.62. The molecule has 3 nitrogen and oxygen atoms in total. The topological polar surface area (TPSA) is 42.0 Å². The van der Waals surface area contributed by atoms with Crippen molar-refractivity contribution >= 4 is 22.4 Å². The molecule has 78 valence electrons. The zero-order valence-electron chi connectivity index (χ0n) is 8.83. The lowest BCUT2D eigenvalue weighted by molar-refractivity contribution is -0.116. The normalized spacial score (nSPS) is 12.5. The molecule has 0 aliphatic heterocycles. The van der Waals surface area contributed by atoms with Crippen LogP contribution in [0.3, 0.4) is 0 Å². The Morgan fingerprint density at radius 2 is 2.43 bits per heavy atom. The summed E-state index contributed by atoms with van der Waals surface area (Å²) in [6.45, 7) is 6.09. The van der Waals surface area contributed by atoms with Crippen LogP contribution in [-0.4, -0.2) is 10.3 Å². The van der Waals surface area contributed by atoms with E-state index in [2.05, 4.69) is 23.5 Å². The second-order valence-electron chi connectivity index (χ2n) is 3.60. The number of rotatable bonds is 4. The standard InChI is InChI=1S/C10H16N2OS/c1-4-7(2)5-9(13)11-10-6-8(3)12-14-10/h6-7H,4-5H2,1-3H3,(H,11,13). The van der Waals surface area contributed by atoms with Crippen molar-refractivity contribution in [2.24, 2.45) is 5.92 Å². The summed E-state index contributed by atoms with van der Waals surface area (Å²) in [5.74, 6) is 0.534. The van der Waals surface area contributed by atoms with Crippen molar-refractivity contribution in [2.45, 2.75) is 33.6 Å². The number of nitrogens with one attached hydrogen (secondary N) is 1. The van der Waals surface area contributed by atoms with E-state index >= 15 is 0 Å². The lowest BCUT2D eigenvalue weighted by Crippen LogP contribution is -2.13. The maximum Gasteiger partial charge on any atom is 0.225 e. The van der Waals surface area contributed by atoms with Crippen LogP contribution in [0.5, 0.6) is 0 Å². The Labute approximate surface area is 88.7 Å². The zero-order chi connectivity index (χ0) is 10.6. The molecule has 0 fully saturated rings. The second kappa shape index (κ2) is 5.10. The molecular formula is C10H16N2OS. The number of aromatic nitrogens is 1. The van der Waals surface area contributed by atoms with Crippen molar-refractivity contribution in [1.29, 1.82) is 0 Å². The van der Waals surface area contributed by atoms with Gasteiger partial charge in [-0.1, -0.05) is 20.3 Å². The van der Waals surface area contributed by atoms with Crippen LogP contribution in [0.1, 0.15) is 32.4 Å². The number of carbonyl (C=O) groups is 1. The summed E-state index contributed by atoms with van der Waals surface area (Å²) < 4.78 is 4.10. The number of hydrogen-bond donors (Lipinski definition) is 1. The van der Waals surface area contributed by atoms with E-state index in [1.54, 1.807) is 0 Å². The Hall–Kier alpha value is -0.900. The van der Waals surface area contributed by atoms with Crippen molar-refractivity contribution in [1.82, 2.24) is 4.37 Å². The number of hydrogen-bond acceptors (Lipinski definition) is 3. The quantitative estimate of drug-likeness (QED) is 0.833. The van der Waals surface area contributed by atoms with E-state index in [0.29, 0.717) is 12.3 Å². The minimum absolute atomic E-state index is 0.0861. The molecule has 1 aromatic heterocycles. The highest BCUT2D eigenvalue weighted by atomic mass is 32.1. The maximum absolute atomic E-state index is 11.5. The van der Waals surface area contributed by atoms with Crippen LogP contribution in [-0.2, 0) is 4.79 Å². The zero-order valence-corrected chi connectivity index (χ0v) is 9.65. The van der Waals surface area contributed by atoms with Crippen LogP contribution in [0.15, 0.2) is 6.07 Å². The van der Waals surface area contributed by atoms with Crippen molar-refractivity contribution in [3.8, 4) is 0 Å². The van der Waals surface area contributed by atoms with Gasteiger partial charge in [-0.3, -0.25) is 4.79 Å². The van der Waals surface area contributed by atoms with Crippen molar-refractivity contribution < 1.29 is 4.79 Å². The minimum Gasteiger partial charge on any atom is -0.316 e. The van der Waals surface area contributed by atoms with E-state index in [1.165, 1.54) is 11.5 Å². The third-order valence-corrected chi connectivity index (χ3v) is 2.92. The summed E-state index contributed by atoms with van der Waals surface area (Å²) in [5.41, 5.74) is 0.953. The monoisotopic (exact) mass is 212 g/mol. The first kappa shape index (κ1) is 11.2. The lowest BCUT2D eigenvalue weighted by Gasteiger charge is -2.06. The molecule has 1 aromatic rings. The van der Waals surface area contributed by atoms with Gasteiger partial charge >= 0.3 is 0 Å². The minimum atomic E-state index is 0.0861. The molecule has 4 heteroatoms. The van der Waals surface area contributed by atoms with Gasteiger partial charge in [-0.05, 0) is 30.4 Å². The highest BCUT2D eigenvalue weighted by Crippen LogP contribution is 2.16. The summed E-state index contributed by atoms with van der Waals surface area (Å²) in [7, 11) is 0. The summed E-state index contributed by atoms with van der Waals surface area (Å²) in [6, 6.07) is 1.89. The second-order valence-corrected chi connectivity index (χ2v) is 4.40. The molecule has 1 unspecified atom stereocenters. The van der Waals surface area contributed by atoms with Crippen LogP contribution < -0.4 is 5.32 Å². The van der Waals surface area contributed by atoms with Gasteiger partial charge in [0, 0.05) is 6.42 Å². The van der Waals surface area contributed by atoms with Crippen LogP contribution >= 0.6 is 11.5 Å². The average molecular weight is 212 g/mol. The molecule has 0 spiro atoms. The van der Waals surface area contributed by atoms with E-state index in [0.717, 1.165) is 17.1 Å². The van der Waals surface area contributed by atoms with Crippen LogP contribution in [0.25, 0.3) is 0 Å². The van der Waals surface area contributed by atoms with Gasteiger partial charge in [0.2, 0.25) is 5.91 Å². The summed E-state index contributed by atoms with van der Waals surface area (Å²) in [4.78, 5) is 11.5. The first-order valence-electron chi connectivity index (χ1n) is 4.85. The van der Waals surface area contributed by atoms with Gasteiger partial charge in [0.15, 0.2) is 0 Å². The lowest BCUT2D eigenvalue weighted by atomic mass is 10.1. The Bertz CT molecular complexity index is 309. The number of nitrogens with zero attached hydrogens (tertiary/aromatic N) is 1. The van der Waals surface area contributed by atoms with E-state index in [1.807, 2.05) is 13.0 Å². The molecule has 1 amide bonds. The van der Waals surface area contributed by atoms with Crippen molar-refractivity contribution in [2.75, 3.05) is 5.32 Å². The maximum atomic E-state index is 11.5. The Balaban J connectivity index is 2.41. The van der Waals surface area contributed by atoms with E-state index in [4.69, 9.17) is 0 Å². The number of aryl methyl sites for hydroxylation is 1. The highest BCUT2D eigenvalue weighted by Gasteiger charge is 2.08. The first-order chi connectivity index (χ1) is 6.61. The smallest absolute Gasteiger partial charge is 0.225 e. The van der Waals surface area contributed by atoms with Crippen LogP contribution in [0, 0.1) is 12.8 Å². The fourth-order valence-electron chi connectivity index (χ4n) is 1.07. The molecule has 0 aromatic carbocycles. The Morgan fingerprint density at radius 3 is 2.93 bits per heavy atom. The predicted octanol–water partition coefficient (Wildman–Crippen LogP) is 2.83. The molecule has 0 aliphatic rings.